The van der Waals surface area contributed by atoms with Crippen molar-refractivity contribution in [3.05, 3.63) is 64.7 Å². The van der Waals surface area contributed by atoms with Crippen molar-refractivity contribution in [1.29, 1.82) is 5.26 Å². The van der Waals surface area contributed by atoms with Gasteiger partial charge in [-0.05, 0) is 43.2 Å². The zero-order valence-electron chi connectivity index (χ0n) is 13.4. The van der Waals surface area contributed by atoms with Crippen molar-refractivity contribution in [2.45, 2.75) is 13.8 Å². The minimum absolute atomic E-state index is 0.218. The van der Waals surface area contributed by atoms with E-state index in [2.05, 4.69) is 10.9 Å². The molecule has 0 unspecified atom stereocenters. The molecule has 2 rings (SSSR count). The Morgan fingerprint density at radius 3 is 2.42 bits per heavy atom. The van der Waals surface area contributed by atoms with E-state index in [9.17, 15) is 9.59 Å². The second-order valence-electron chi connectivity index (χ2n) is 5.20. The lowest BCUT2D eigenvalue weighted by Gasteiger charge is -2.12. The Bertz CT molecular complexity index is 789. The van der Waals surface area contributed by atoms with Gasteiger partial charge in [0.2, 0.25) is 0 Å². The molecule has 0 saturated heterocycles. The zero-order chi connectivity index (χ0) is 17.5. The molecule has 0 spiro atoms. The molecule has 0 radical (unpaired) electrons. The number of rotatable bonds is 4. The monoisotopic (exact) mass is 323 g/mol. The molecule has 6 nitrogen and oxygen atoms in total. The van der Waals surface area contributed by atoms with Crippen molar-refractivity contribution in [3.63, 3.8) is 0 Å². The van der Waals surface area contributed by atoms with Gasteiger partial charge in [-0.15, -0.1) is 0 Å². The van der Waals surface area contributed by atoms with Crippen LogP contribution in [0.25, 0.3) is 0 Å². The number of benzene rings is 2. The van der Waals surface area contributed by atoms with Crippen LogP contribution in [0.4, 0.5) is 0 Å². The lowest BCUT2D eigenvalue weighted by atomic mass is 10.1. The molecule has 0 saturated carbocycles. The number of hydrogen-bond donors (Lipinski definition) is 2. The van der Waals surface area contributed by atoms with Crippen LogP contribution in [0.1, 0.15) is 27.0 Å². The van der Waals surface area contributed by atoms with E-state index < -0.39 is 11.8 Å². The van der Waals surface area contributed by atoms with Gasteiger partial charge in [-0.25, -0.2) is 0 Å². The first kappa shape index (κ1) is 17.0. The molecular formula is C18H17N3O3. The fourth-order valence-electron chi connectivity index (χ4n) is 2.13. The van der Waals surface area contributed by atoms with Crippen molar-refractivity contribution < 1.29 is 14.3 Å². The SMILES string of the molecule is Cc1cccc(C)c1OCC(=O)NNC(=O)c1cccc(C#N)c1. The van der Waals surface area contributed by atoms with Crippen molar-refractivity contribution in [1.82, 2.24) is 10.9 Å². The number of ether oxygens (including phenoxy) is 1. The molecule has 2 aromatic carbocycles. The minimum atomic E-state index is -0.507. The molecule has 24 heavy (non-hydrogen) atoms. The number of aryl methyl sites for hydroxylation is 2. The number of hydrogen-bond acceptors (Lipinski definition) is 4. The molecule has 0 aromatic heterocycles. The topological polar surface area (TPSA) is 91.2 Å². The molecule has 0 bridgehead atoms. The fourth-order valence-corrected chi connectivity index (χ4v) is 2.13. The summed E-state index contributed by atoms with van der Waals surface area (Å²) in [4.78, 5) is 23.7. The highest BCUT2D eigenvalue weighted by molar-refractivity contribution is 5.95. The minimum Gasteiger partial charge on any atom is -0.483 e. The molecule has 2 amide bonds. The Morgan fingerprint density at radius 1 is 1.08 bits per heavy atom. The first-order chi connectivity index (χ1) is 11.5. The van der Waals surface area contributed by atoms with Crippen LogP contribution in [-0.2, 0) is 4.79 Å². The number of carbonyl (C=O) groups is 2. The highest BCUT2D eigenvalue weighted by Crippen LogP contribution is 2.21. The fraction of sp³-hybridized carbons (Fsp3) is 0.167. The molecule has 0 atom stereocenters. The summed E-state index contributed by atoms with van der Waals surface area (Å²) in [7, 11) is 0. The average Bonchev–Trinajstić information content (AvgIpc) is 2.59. The van der Waals surface area contributed by atoms with E-state index in [0.717, 1.165) is 11.1 Å². The van der Waals surface area contributed by atoms with Crippen LogP contribution >= 0.6 is 0 Å². The van der Waals surface area contributed by atoms with Gasteiger partial charge in [0.05, 0.1) is 11.6 Å². The Balaban J connectivity index is 1.87. The van der Waals surface area contributed by atoms with E-state index in [4.69, 9.17) is 10.00 Å². The molecule has 122 valence electrons. The maximum atomic E-state index is 11.9. The molecule has 0 aliphatic carbocycles. The maximum Gasteiger partial charge on any atom is 0.276 e. The Morgan fingerprint density at radius 2 is 1.75 bits per heavy atom. The summed E-state index contributed by atoms with van der Waals surface area (Å²) >= 11 is 0. The first-order valence-electron chi connectivity index (χ1n) is 7.29. The number of carbonyl (C=O) groups excluding carboxylic acids is 2. The van der Waals surface area contributed by atoms with E-state index >= 15 is 0 Å². The maximum absolute atomic E-state index is 11.9. The van der Waals surface area contributed by atoms with Gasteiger partial charge in [0, 0.05) is 5.56 Å². The second-order valence-corrected chi connectivity index (χ2v) is 5.20. The van der Waals surface area contributed by atoms with Gasteiger partial charge in [0.1, 0.15) is 5.75 Å². The van der Waals surface area contributed by atoms with Gasteiger partial charge in [-0.3, -0.25) is 20.4 Å². The van der Waals surface area contributed by atoms with E-state index in [1.807, 2.05) is 38.1 Å². The van der Waals surface area contributed by atoms with Crippen LogP contribution in [0.5, 0.6) is 5.75 Å². The third-order valence-corrected chi connectivity index (χ3v) is 3.33. The van der Waals surface area contributed by atoms with Crippen molar-refractivity contribution >= 4 is 11.8 Å². The number of amides is 2. The van der Waals surface area contributed by atoms with Crippen LogP contribution in [0.15, 0.2) is 42.5 Å². The lowest BCUT2D eigenvalue weighted by Crippen LogP contribution is -2.43. The van der Waals surface area contributed by atoms with Gasteiger partial charge in [0.25, 0.3) is 11.8 Å². The van der Waals surface area contributed by atoms with Gasteiger partial charge in [0.15, 0.2) is 6.61 Å². The van der Waals surface area contributed by atoms with Crippen LogP contribution < -0.4 is 15.6 Å². The smallest absolute Gasteiger partial charge is 0.276 e. The van der Waals surface area contributed by atoms with E-state index in [0.29, 0.717) is 11.3 Å². The van der Waals surface area contributed by atoms with Gasteiger partial charge in [-0.2, -0.15) is 5.26 Å². The van der Waals surface area contributed by atoms with Gasteiger partial charge in [-0.1, -0.05) is 24.3 Å². The number of hydrazine groups is 1. The number of para-hydroxylation sites is 1. The number of nitrogens with one attached hydrogen (secondary N) is 2. The largest absolute Gasteiger partial charge is 0.483 e. The normalized spacial score (nSPS) is 9.71. The molecule has 0 aliphatic rings. The third kappa shape index (κ3) is 4.34. The quantitative estimate of drug-likeness (QED) is 0.842. The molecule has 0 heterocycles. The predicted octanol–water partition coefficient (Wildman–Crippen LogP) is 2.02. The summed E-state index contributed by atoms with van der Waals surface area (Å²) in [5, 5.41) is 8.82. The van der Waals surface area contributed by atoms with E-state index in [1.165, 1.54) is 6.07 Å². The van der Waals surface area contributed by atoms with Crippen LogP contribution in [0.3, 0.4) is 0 Å². The Labute approximate surface area is 140 Å². The zero-order valence-corrected chi connectivity index (χ0v) is 13.4. The summed E-state index contributed by atoms with van der Waals surface area (Å²) < 4.78 is 5.50. The molecule has 6 heteroatoms. The average molecular weight is 323 g/mol. The van der Waals surface area contributed by atoms with Crippen molar-refractivity contribution in [2.24, 2.45) is 0 Å². The van der Waals surface area contributed by atoms with E-state index in [-0.39, 0.29) is 12.2 Å². The summed E-state index contributed by atoms with van der Waals surface area (Å²) in [5.41, 5.74) is 7.08. The van der Waals surface area contributed by atoms with Crippen LogP contribution in [-0.4, -0.2) is 18.4 Å². The molecule has 0 aliphatic heterocycles. The lowest BCUT2D eigenvalue weighted by molar-refractivity contribution is -0.123. The van der Waals surface area contributed by atoms with Gasteiger partial charge < -0.3 is 4.74 Å². The highest BCUT2D eigenvalue weighted by atomic mass is 16.5. The Hall–Kier alpha value is -3.33. The molecule has 2 N–H and O–H groups in total. The van der Waals surface area contributed by atoms with Crippen LogP contribution in [0, 0.1) is 25.2 Å². The molecule has 0 fully saturated rings. The highest BCUT2D eigenvalue weighted by Gasteiger charge is 2.10. The third-order valence-electron chi connectivity index (χ3n) is 3.33. The molecular weight excluding hydrogens is 306 g/mol. The summed E-state index contributed by atoms with van der Waals surface area (Å²) in [6.45, 7) is 3.57. The summed E-state index contributed by atoms with van der Waals surface area (Å²) in [6.07, 6.45) is 0. The van der Waals surface area contributed by atoms with Gasteiger partial charge >= 0.3 is 0 Å². The number of nitriles is 1. The predicted molar refractivity (Wildman–Crippen MR) is 88.2 cm³/mol. The van der Waals surface area contributed by atoms with E-state index in [1.54, 1.807) is 18.2 Å². The van der Waals surface area contributed by atoms with Crippen molar-refractivity contribution in [3.8, 4) is 11.8 Å². The summed E-state index contributed by atoms with van der Waals surface area (Å²) in [6, 6.07) is 13.8. The van der Waals surface area contributed by atoms with Crippen molar-refractivity contribution in [2.75, 3.05) is 6.61 Å². The first-order valence-corrected chi connectivity index (χ1v) is 7.29. The standard InChI is InChI=1S/C18H17N3O3/c1-12-5-3-6-13(2)17(12)24-11-16(22)20-21-18(23)15-8-4-7-14(9-15)10-19/h3-9H,11H2,1-2H3,(H,20,22)(H,21,23). The number of nitrogens with zero attached hydrogens (tertiary/aromatic N) is 1. The van der Waals surface area contributed by atoms with Crippen LogP contribution in [0.2, 0.25) is 0 Å². The second kappa shape index (κ2) is 7.79. The summed E-state index contributed by atoms with van der Waals surface area (Å²) in [5.74, 6) is -0.337. The Kier molecular flexibility index (Phi) is 5.53. The molecule has 2 aromatic rings.